The van der Waals surface area contributed by atoms with Crippen molar-refractivity contribution in [2.45, 2.75) is 83.3 Å². The maximum atomic E-state index is 12.6. The molecule has 1 aromatic carbocycles. The molecule has 7 unspecified atom stereocenters. The molecule has 8 heteroatoms. The largest absolute Gasteiger partial charge is 0.480 e. The number of carboxylic acids is 1. The van der Waals surface area contributed by atoms with Crippen LogP contribution in [0, 0.1) is 40.9 Å². The zero-order chi connectivity index (χ0) is 29.7. The summed E-state index contributed by atoms with van der Waals surface area (Å²) in [4.78, 5) is 33.0. The van der Waals surface area contributed by atoms with Gasteiger partial charge in [-0.25, -0.2) is 4.79 Å². The monoisotopic (exact) mass is 571 g/mol. The molecule has 4 aliphatic rings. The van der Waals surface area contributed by atoms with Crippen molar-refractivity contribution in [2.24, 2.45) is 33.7 Å². The third-order valence-corrected chi connectivity index (χ3v) is 11.5. The molecule has 4 aliphatic carbocycles. The molecule has 0 aliphatic heterocycles. The van der Waals surface area contributed by atoms with Gasteiger partial charge in [-0.05, 0) is 92.2 Å². The number of H-pyrrole nitrogens is 1. The number of carbonyl (C=O) groups is 2. The molecule has 6 rings (SSSR count). The summed E-state index contributed by atoms with van der Waals surface area (Å²) in [5, 5.41) is 28.8. The number of aromatic amines is 1. The molecule has 3 saturated carbocycles. The van der Waals surface area contributed by atoms with Crippen LogP contribution in [-0.2, 0) is 20.8 Å². The number of oxime groups is 1. The number of rotatable bonds is 7. The quantitative estimate of drug-likeness (QED) is 0.276. The summed E-state index contributed by atoms with van der Waals surface area (Å²) in [6.45, 7) is 4.27. The third kappa shape index (κ3) is 4.63. The summed E-state index contributed by atoms with van der Waals surface area (Å²) in [5.74, 6) is 2.73. The lowest BCUT2D eigenvalue weighted by Gasteiger charge is -2.58. The van der Waals surface area contributed by atoms with E-state index in [0.717, 1.165) is 67.1 Å². The van der Waals surface area contributed by atoms with Crippen LogP contribution in [-0.4, -0.2) is 51.0 Å². The number of aliphatic hydroxyl groups is 1. The van der Waals surface area contributed by atoms with E-state index in [4.69, 9.17) is 11.3 Å². The van der Waals surface area contributed by atoms with Crippen molar-refractivity contribution in [3.05, 3.63) is 47.7 Å². The average Bonchev–Trinajstić information content (AvgIpc) is 3.50. The fraction of sp³-hybridized carbons (Fsp3) is 0.559. The number of carboxylic acid groups (broad SMARTS) is 1. The van der Waals surface area contributed by atoms with Gasteiger partial charge in [0.2, 0.25) is 0 Å². The average molecular weight is 572 g/mol. The molecule has 1 heterocycles. The van der Waals surface area contributed by atoms with Crippen LogP contribution in [0.3, 0.4) is 0 Å². The second-order valence-electron chi connectivity index (χ2n) is 13.4. The Morgan fingerprint density at radius 1 is 1.17 bits per heavy atom. The van der Waals surface area contributed by atoms with Gasteiger partial charge in [0.25, 0.3) is 5.91 Å². The first-order valence-electron chi connectivity index (χ1n) is 15.3. The van der Waals surface area contributed by atoms with E-state index in [9.17, 15) is 19.8 Å². The first kappa shape index (κ1) is 28.5. The molecule has 3 fully saturated rings. The zero-order valence-corrected chi connectivity index (χ0v) is 24.5. The van der Waals surface area contributed by atoms with Crippen molar-refractivity contribution in [1.82, 2.24) is 10.3 Å². The summed E-state index contributed by atoms with van der Waals surface area (Å²) in [7, 11) is 0. The molecule has 7 atom stereocenters. The Labute approximate surface area is 247 Å². The van der Waals surface area contributed by atoms with Crippen LogP contribution in [0.5, 0.6) is 0 Å². The van der Waals surface area contributed by atoms with Crippen LogP contribution < -0.4 is 5.32 Å². The van der Waals surface area contributed by atoms with Gasteiger partial charge in [-0.3, -0.25) is 4.79 Å². The number of aliphatic carboxylic acids is 1. The lowest BCUT2D eigenvalue weighted by molar-refractivity contribution is -0.142. The minimum atomic E-state index is -1.10. The topological polar surface area (TPSA) is 124 Å². The Bertz CT molecular complexity index is 1500. The normalized spacial score (nSPS) is 35.3. The number of hydrogen-bond acceptors (Lipinski definition) is 5. The molecule has 0 saturated heterocycles. The maximum Gasteiger partial charge on any atom is 0.326 e. The van der Waals surface area contributed by atoms with Gasteiger partial charge in [-0.15, -0.1) is 6.42 Å². The standard InChI is InChI=1S/C34H41N3O5/c1-4-34(41)16-13-27-25-10-9-22-18-23(11-14-32(22,2)26(25)12-15-33(27,34)3)37-42-20-30(38)36-29(31(39)40)17-21-19-35-28-8-6-5-7-24(21)28/h1,5-8,18-19,25-27,29,35,41H,9-17,20H2,2-3H3,(H,36,38)(H,39,40). The molecule has 1 amide bonds. The number of nitrogens with zero attached hydrogens (tertiary/aromatic N) is 1. The molecule has 4 N–H and O–H groups in total. The number of hydrogen-bond donors (Lipinski definition) is 4. The van der Waals surface area contributed by atoms with Crippen LogP contribution in [0.25, 0.3) is 10.9 Å². The van der Waals surface area contributed by atoms with Gasteiger partial charge in [0.1, 0.15) is 11.6 Å². The highest BCUT2D eigenvalue weighted by Gasteiger charge is 2.63. The number of carbonyl (C=O) groups excluding carboxylic acids is 1. The Morgan fingerprint density at radius 2 is 1.95 bits per heavy atom. The van der Waals surface area contributed by atoms with E-state index < -0.39 is 23.5 Å². The second kappa shape index (κ2) is 10.6. The van der Waals surface area contributed by atoms with Crippen LogP contribution >= 0.6 is 0 Å². The number of fused-ring (bicyclic) bond motifs is 6. The Kier molecular flexibility index (Phi) is 7.21. The van der Waals surface area contributed by atoms with E-state index in [2.05, 4.69) is 41.3 Å². The van der Waals surface area contributed by atoms with Gasteiger partial charge < -0.3 is 25.4 Å². The maximum absolute atomic E-state index is 12.6. The van der Waals surface area contributed by atoms with Gasteiger partial charge in [0.05, 0.1) is 5.71 Å². The number of nitrogens with one attached hydrogen (secondary N) is 2. The molecule has 0 spiro atoms. The molecule has 0 bridgehead atoms. The molecule has 2 aromatic rings. The molecular formula is C34H41N3O5. The number of benzene rings is 1. The van der Waals surface area contributed by atoms with E-state index in [1.165, 1.54) is 5.57 Å². The fourth-order valence-corrected chi connectivity index (χ4v) is 9.03. The Balaban J connectivity index is 1.07. The summed E-state index contributed by atoms with van der Waals surface area (Å²) in [6.07, 6.45) is 17.5. The van der Waals surface area contributed by atoms with Crippen molar-refractivity contribution in [3.8, 4) is 12.3 Å². The predicted molar refractivity (Wildman–Crippen MR) is 160 cm³/mol. The Morgan fingerprint density at radius 3 is 2.74 bits per heavy atom. The van der Waals surface area contributed by atoms with Crippen molar-refractivity contribution in [2.75, 3.05) is 6.61 Å². The molecule has 222 valence electrons. The Hall–Kier alpha value is -3.57. The lowest BCUT2D eigenvalue weighted by Crippen LogP contribution is -2.54. The predicted octanol–water partition coefficient (Wildman–Crippen LogP) is 4.98. The van der Waals surface area contributed by atoms with Crippen molar-refractivity contribution >= 4 is 28.5 Å². The smallest absolute Gasteiger partial charge is 0.326 e. The summed E-state index contributed by atoms with van der Waals surface area (Å²) >= 11 is 0. The molecule has 1 aromatic heterocycles. The number of allylic oxidation sites excluding steroid dienone is 2. The van der Waals surface area contributed by atoms with E-state index >= 15 is 0 Å². The van der Waals surface area contributed by atoms with Gasteiger partial charge in [-0.1, -0.05) is 48.7 Å². The summed E-state index contributed by atoms with van der Waals surface area (Å²) < 4.78 is 0. The van der Waals surface area contributed by atoms with E-state index in [1.54, 1.807) is 6.20 Å². The van der Waals surface area contributed by atoms with E-state index in [0.29, 0.717) is 24.2 Å². The molecule has 0 radical (unpaired) electrons. The first-order valence-corrected chi connectivity index (χ1v) is 15.3. The highest BCUT2D eigenvalue weighted by Crippen LogP contribution is 2.67. The molecular weight excluding hydrogens is 530 g/mol. The van der Waals surface area contributed by atoms with Crippen LogP contribution in [0.1, 0.15) is 70.8 Å². The minimum absolute atomic E-state index is 0.0919. The number of amides is 1. The van der Waals surface area contributed by atoms with Gasteiger partial charge in [-0.2, -0.15) is 0 Å². The fourth-order valence-electron chi connectivity index (χ4n) is 9.03. The molecule has 8 nitrogen and oxygen atoms in total. The lowest BCUT2D eigenvalue weighted by atomic mass is 9.46. The summed E-state index contributed by atoms with van der Waals surface area (Å²) in [6, 6.07) is 6.59. The number of para-hydroxylation sites is 1. The second-order valence-corrected chi connectivity index (χ2v) is 13.4. The van der Waals surface area contributed by atoms with Gasteiger partial charge in [0.15, 0.2) is 6.61 Å². The zero-order valence-electron chi connectivity index (χ0n) is 24.5. The van der Waals surface area contributed by atoms with Gasteiger partial charge in [0, 0.05) is 28.9 Å². The SMILES string of the molecule is C#CC1(O)CCC2C3CCC4=CC(=NOCC(=O)NC(Cc5c[nH]c6ccccc56)C(=O)O)CCC4(C)C3CCC21C. The van der Waals surface area contributed by atoms with Crippen LogP contribution in [0.4, 0.5) is 0 Å². The van der Waals surface area contributed by atoms with E-state index in [1.807, 2.05) is 24.3 Å². The van der Waals surface area contributed by atoms with E-state index in [-0.39, 0.29) is 23.9 Å². The minimum Gasteiger partial charge on any atom is -0.480 e. The van der Waals surface area contributed by atoms with Crippen LogP contribution in [0.2, 0.25) is 0 Å². The molecule has 42 heavy (non-hydrogen) atoms. The van der Waals surface area contributed by atoms with Crippen molar-refractivity contribution in [1.29, 1.82) is 0 Å². The summed E-state index contributed by atoms with van der Waals surface area (Å²) in [5.41, 5.74) is 2.88. The number of aromatic nitrogens is 1. The highest BCUT2D eigenvalue weighted by molar-refractivity contribution is 5.96. The highest BCUT2D eigenvalue weighted by atomic mass is 16.6. The first-order chi connectivity index (χ1) is 20.1. The third-order valence-electron chi connectivity index (χ3n) is 11.5. The van der Waals surface area contributed by atoms with Gasteiger partial charge >= 0.3 is 5.97 Å². The van der Waals surface area contributed by atoms with Crippen molar-refractivity contribution in [3.63, 3.8) is 0 Å². The van der Waals surface area contributed by atoms with Crippen LogP contribution in [0.15, 0.2) is 47.3 Å². The number of terminal acetylenes is 1. The van der Waals surface area contributed by atoms with Crippen molar-refractivity contribution < 1.29 is 24.6 Å².